The summed E-state index contributed by atoms with van der Waals surface area (Å²) < 4.78 is 0. The maximum absolute atomic E-state index is 12.5. The van der Waals surface area contributed by atoms with Crippen molar-refractivity contribution in [1.82, 2.24) is 0 Å². The van der Waals surface area contributed by atoms with Crippen LogP contribution in [0.2, 0.25) is 0 Å². The van der Waals surface area contributed by atoms with Gasteiger partial charge in [-0.3, -0.25) is 4.79 Å². The molecule has 1 aliphatic rings. The summed E-state index contributed by atoms with van der Waals surface area (Å²) in [5, 5.41) is 9.04. The van der Waals surface area contributed by atoms with Gasteiger partial charge in [0.25, 0.3) is 0 Å². The molecule has 0 aliphatic carbocycles. The summed E-state index contributed by atoms with van der Waals surface area (Å²) in [5.41, 5.74) is 2.36. The van der Waals surface area contributed by atoms with Crippen LogP contribution in [-0.4, -0.2) is 23.0 Å². The molecular formula is C24H31NO3S. The van der Waals surface area contributed by atoms with Gasteiger partial charge in [-0.25, -0.2) is 4.79 Å². The number of carbonyl (C=O) groups is 2. The Morgan fingerprint density at radius 1 is 1.07 bits per heavy atom. The minimum atomic E-state index is -0.859. The lowest BCUT2D eigenvalue weighted by atomic mass is 10.0. The molecule has 1 saturated heterocycles. The molecule has 5 heteroatoms. The first-order valence-electron chi connectivity index (χ1n) is 10.8. The minimum absolute atomic E-state index is 0.218. The number of nitrogens with zero attached hydrogens (tertiary/aromatic N) is 1. The average Bonchev–Trinajstić information content (AvgIpc) is 3.33. The van der Waals surface area contributed by atoms with Crippen LogP contribution in [0.3, 0.4) is 0 Å². The summed E-state index contributed by atoms with van der Waals surface area (Å²) in [6, 6.07) is 12.4. The van der Waals surface area contributed by atoms with Crippen LogP contribution in [0.25, 0.3) is 0 Å². The van der Waals surface area contributed by atoms with Gasteiger partial charge in [-0.1, -0.05) is 38.3 Å². The molecule has 0 bridgehead atoms. The predicted octanol–water partition coefficient (Wildman–Crippen LogP) is 6.09. The van der Waals surface area contributed by atoms with Crippen molar-refractivity contribution in [2.24, 2.45) is 0 Å². The molecule has 4 nitrogen and oxygen atoms in total. The third kappa shape index (κ3) is 5.92. The van der Waals surface area contributed by atoms with Crippen LogP contribution in [-0.2, 0) is 17.6 Å². The first kappa shape index (κ1) is 21.6. The number of carbonyl (C=O) groups excluding carboxylic acids is 1. The highest BCUT2D eigenvalue weighted by molar-refractivity contribution is 7.13. The molecule has 1 aromatic carbocycles. The highest BCUT2D eigenvalue weighted by atomic mass is 32.1. The molecular weight excluding hydrogens is 382 g/mol. The van der Waals surface area contributed by atoms with Crippen molar-refractivity contribution in [1.29, 1.82) is 0 Å². The summed E-state index contributed by atoms with van der Waals surface area (Å²) in [6.45, 7) is 2.23. The van der Waals surface area contributed by atoms with Crippen LogP contribution in [0.5, 0.6) is 0 Å². The SMILES string of the molecule is CCCCCCc1ccc(N2C(=O)CC[C@H]2CCCc2ccc(C(=O)O)s2)cc1. The van der Waals surface area contributed by atoms with Crippen LogP contribution >= 0.6 is 11.3 Å². The lowest BCUT2D eigenvalue weighted by molar-refractivity contribution is -0.117. The molecule has 1 N–H and O–H groups in total. The number of aryl methyl sites for hydroxylation is 2. The molecule has 0 unspecified atom stereocenters. The topological polar surface area (TPSA) is 57.6 Å². The van der Waals surface area contributed by atoms with E-state index in [1.165, 1.54) is 42.6 Å². The van der Waals surface area contributed by atoms with Gasteiger partial charge in [0.05, 0.1) is 0 Å². The Hall–Kier alpha value is -2.14. The molecule has 0 saturated carbocycles. The number of hydrogen-bond acceptors (Lipinski definition) is 3. The highest BCUT2D eigenvalue weighted by Gasteiger charge is 2.31. The Labute approximate surface area is 177 Å². The van der Waals surface area contributed by atoms with Crippen molar-refractivity contribution in [2.75, 3.05) is 4.90 Å². The van der Waals surface area contributed by atoms with Gasteiger partial charge >= 0.3 is 5.97 Å². The van der Waals surface area contributed by atoms with Gasteiger partial charge in [0.2, 0.25) is 5.91 Å². The molecule has 0 spiro atoms. The number of rotatable bonds is 11. The molecule has 0 radical (unpaired) electrons. The van der Waals surface area contributed by atoms with Crippen molar-refractivity contribution in [3.8, 4) is 0 Å². The lowest BCUT2D eigenvalue weighted by Gasteiger charge is -2.25. The van der Waals surface area contributed by atoms with Gasteiger partial charge in [-0.15, -0.1) is 11.3 Å². The maximum Gasteiger partial charge on any atom is 0.345 e. The van der Waals surface area contributed by atoms with E-state index in [9.17, 15) is 9.59 Å². The van der Waals surface area contributed by atoms with E-state index in [1.54, 1.807) is 6.07 Å². The molecule has 1 aliphatic heterocycles. The first-order valence-corrected chi connectivity index (χ1v) is 11.6. The highest BCUT2D eigenvalue weighted by Crippen LogP contribution is 2.30. The largest absolute Gasteiger partial charge is 0.477 e. The van der Waals surface area contributed by atoms with E-state index < -0.39 is 5.97 Å². The van der Waals surface area contributed by atoms with Crippen LogP contribution in [0.1, 0.15) is 78.4 Å². The normalized spacial score (nSPS) is 16.5. The van der Waals surface area contributed by atoms with Crippen molar-refractivity contribution in [3.05, 3.63) is 51.7 Å². The number of hydrogen-bond donors (Lipinski definition) is 1. The zero-order valence-electron chi connectivity index (χ0n) is 17.2. The smallest absolute Gasteiger partial charge is 0.345 e. The molecule has 3 rings (SSSR count). The Balaban J connectivity index is 1.53. The first-order chi connectivity index (χ1) is 14.1. The van der Waals surface area contributed by atoms with Crippen LogP contribution in [0.4, 0.5) is 5.69 Å². The Bertz CT molecular complexity index is 812. The standard InChI is InChI=1S/C24H31NO3S/c1-2-3-4-5-7-18-10-12-20(13-11-18)25-19(14-17-23(25)26)8-6-9-21-15-16-22(29-21)24(27)28/h10-13,15-16,19H,2-9,14,17H2,1H3,(H,27,28)/t19-/m1/s1. The molecule has 1 fully saturated rings. The van der Waals surface area contributed by atoms with Crippen molar-refractivity contribution in [3.63, 3.8) is 0 Å². The summed E-state index contributed by atoms with van der Waals surface area (Å²) >= 11 is 1.35. The number of amides is 1. The summed E-state index contributed by atoms with van der Waals surface area (Å²) in [7, 11) is 0. The van der Waals surface area contributed by atoms with E-state index >= 15 is 0 Å². The zero-order valence-corrected chi connectivity index (χ0v) is 18.0. The fraction of sp³-hybridized carbons (Fsp3) is 0.500. The molecule has 156 valence electrons. The third-order valence-corrected chi connectivity index (χ3v) is 6.82. The van der Waals surface area contributed by atoms with E-state index in [-0.39, 0.29) is 11.9 Å². The van der Waals surface area contributed by atoms with Crippen LogP contribution in [0, 0.1) is 0 Å². The van der Waals surface area contributed by atoms with Gasteiger partial charge < -0.3 is 10.0 Å². The molecule has 1 aromatic heterocycles. The summed E-state index contributed by atoms with van der Waals surface area (Å²) in [4.78, 5) is 27.0. The van der Waals surface area contributed by atoms with Crippen molar-refractivity contribution >= 4 is 28.9 Å². The zero-order chi connectivity index (χ0) is 20.6. The Kier molecular flexibility index (Phi) is 7.87. The predicted molar refractivity (Wildman–Crippen MR) is 119 cm³/mol. The van der Waals surface area contributed by atoms with Gasteiger partial charge in [-0.2, -0.15) is 0 Å². The summed E-state index contributed by atoms with van der Waals surface area (Å²) in [6.07, 6.45) is 10.5. The fourth-order valence-corrected chi connectivity index (χ4v) is 4.98. The van der Waals surface area contributed by atoms with Crippen molar-refractivity contribution < 1.29 is 14.7 Å². The molecule has 29 heavy (non-hydrogen) atoms. The Morgan fingerprint density at radius 3 is 2.55 bits per heavy atom. The van der Waals surface area contributed by atoms with E-state index in [1.807, 2.05) is 11.0 Å². The van der Waals surface area contributed by atoms with Gasteiger partial charge in [-0.05, 0) is 68.4 Å². The van der Waals surface area contributed by atoms with Gasteiger partial charge in [0.1, 0.15) is 4.88 Å². The summed E-state index contributed by atoms with van der Waals surface area (Å²) in [5.74, 6) is -0.641. The number of carboxylic acid groups (broad SMARTS) is 1. The number of carboxylic acids is 1. The molecule has 1 atom stereocenters. The monoisotopic (exact) mass is 413 g/mol. The van der Waals surface area contributed by atoms with Gasteiger partial charge in [0, 0.05) is 23.0 Å². The number of aromatic carboxylic acids is 1. The van der Waals surface area contributed by atoms with Crippen LogP contribution in [0.15, 0.2) is 36.4 Å². The maximum atomic E-state index is 12.5. The molecule has 2 aromatic rings. The number of thiophene rings is 1. The second-order valence-electron chi connectivity index (χ2n) is 7.90. The van der Waals surface area contributed by atoms with E-state index in [0.29, 0.717) is 11.3 Å². The average molecular weight is 414 g/mol. The van der Waals surface area contributed by atoms with E-state index in [4.69, 9.17) is 5.11 Å². The number of anilines is 1. The van der Waals surface area contributed by atoms with E-state index in [0.717, 1.165) is 42.7 Å². The van der Waals surface area contributed by atoms with Gasteiger partial charge in [0.15, 0.2) is 0 Å². The number of benzene rings is 1. The second-order valence-corrected chi connectivity index (χ2v) is 9.07. The Morgan fingerprint density at radius 2 is 1.86 bits per heavy atom. The lowest BCUT2D eigenvalue weighted by Crippen LogP contribution is -2.32. The third-order valence-electron chi connectivity index (χ3n) is 5.69. The fourth-order valence-electron chi connectivity index (χ4n) is 4.09. The molecule has 2 heterocycles. The minimum Gasteiger partial charge on any atom is -0.477 e. The second kappa shape index (κ2) is 10.6. The number of unbranched alkanes of at least 4 members (excludes halogenated alkanes) is 3. The van der Waals surface area contributed by atoms with E-state index in [2.05, 4.69) is 31.2 Å². The quantitative estimate of drug-likeness (QED) is 0.454. The van der Waals surface area contributed by atoms with Crippen molar-refractivity contribution in [2.45, 2.75) is 77.2 Å². The van der Waals surface area contributed by atoms with Crippen LogP contribution < -0.4 is 4.90 Å². The molecule has 1 amide bonds.